The van der Waals surface area contributed by atoms with Crippen LogP contribution in [-0.2, 0) is 9.53 Å². The summed E-state index contributed by atoms with van der Waals surface area (Å²) in [6.45, 7) is 4.01. The van der Waals surface area contributed by atoms with Crippen molar-refractivity contribution in [1.82, 2.24) is 5.32 Å². The zero-order valence-corrected chi connectivity index (χ0v) is 12.1. The number of carbonyl (C=O) groups is 2. The number of nitrogens with zero attached hydrogens (tertiary/aromatic N) is 1. The number of carboxylic acids is 1. The summed E-state index contributed by atoms with van der Waals surface area (Å²) < 4.78 is 5.29. The Bertz CT molecular complexity index is 475. The predicted octanol–water partition coefficient (Wildman–Crippen LogP) is 1.42. The molecule has 3 N–H and O–H groups in total. The molecule has 0 aliphatic rings. The first-order chi connectivity index (χ1) is 9.93. The van der Waals surface area contributed by atoms with Crippen LogP contribution < -0.4 is 10.2 Å². The number of hydrogen-bond acceptors (Lipinski definition) is 4. The second kappa shape index (κ2) is 8.11. The third-order valence-corrected chi connectivity index (χ3v) is 2.69. The average molecular weight is 296 g/mol. The van der Waals surface area contributed by atoms with E-state index in [-0.39, 0.29) is 18.4 Å². The van der Waals surface area contributed by atoms with Gasteiger partial charge in [-0.1, -0.05) is 0 Å². The molecule has 1 unspecified atom stereocenters. The maximum absolute atomic E-state index is 12.1. The summed E-state index contributed by atoms with van der Waals surface area (Å²) in [5, 5.41) is 20.8. The van der Waals surface area contributed by atoms with Crippen LogP contribution in [0, 0.1) is 0 Å². The molecule has 0 spiro atoms. The van der Waals surface area contributed by atoms with Crippen molar-refractivity contribution in [1.29, 1.82) is 0 Å². The number of hydrogen-bond donors (Lipinski definition) is 3. The van der Waals surface area contributed by atoms with Crippen molar-refractivity contribution in [2.24, 2.45) is 0 Å². The molecule has 0 bridgehead atoms. The number of rotatable bonds is 7. The molecule has 1 atom stereocenters. The maximum atomic E-state index is 12.1. The van der Waals surface area contributed by atoms with E-state index < -0.39 is 18.5 Å². The Morgan fingerprint density at radius 2 is 1.95 bits per heavy atom. The molecule has 0 aromatic heterocycles. The molecular formula is C14H20N2O5. The van der Waals surface area contributed by atoms with Gasteiger partial charge >= 0.3 is 12.0 Å². The first kappa shape index (κ1) is 16.8. The highest BCUT2D eigenvalue weighted by atomic mass is 16.5. The fraction of sp³-hybridized carbons (Fsp3) is 0.429. The molecule has 1 aromatic carbocycles. The quantitative estimate of drug-likeness (QED) is 0.706. The average Bonchev–Trinajstić information content (AvgIpc) is 2.43. The number of carbonyl (C=O) groups excluding carboxylic acids is 1. The van der Waals surface area contributed by atoms with Crippen molar-refractivity contribution in [3.63, 3.8) is 0 Å². The number of nitrogens with one attached hydrogen (secondary N) is 1. The maximum Gasteiger partial charge on any atom is 0.323 e. The lowest BCUT2D eigenvalue weighted by atomic mass is 10.2. The van der Waals surface area contributed by atoms with E-state index >= 15 is 0 Å². The van der Waals surface area contributed by atoms with Gasteiger partial charge in [-0.15, -0.1) is 0 Å². The summed E-state index contributed by atoms with van der Waals surface area (Å²) in [6, 6.07) is 5.20. The molecule has 116 valence electrons. The third-order valence-electron chi connectivity index (χ3n) is 2.69. The summed E-state index contributed by atoms with van der Waals surface area (Å²) in [5.41, 5.74) is 0.386. The second-order valence-electron chi connectivity index (χ2n) is 4.45. The van der Waals surface area contributed by atoms with Crippen molar-refractivity contribution in [2.75, 3.05) is 24.6 Å². The normalized spacial score (nSPS) is 11.7. The largest absolute Gasteiger partial charge is 0.508 e. The van der Waals surface area contributed by atoms with Crippen LogP contribution in [0.15, 0.2) is 24.3 Å². The number of phenols is 1. The van der Waals surface area contributed by atoms with Gasteiger partial charge in [0, 0.05) is 18.8 Å². The van der Waals surface area contributed by atoms with Gasteiger partial charge in [-0.25, -0.2) is 4.79 Å². The number of urea groups is 1. The van der Waals surface area contributed by atoms with E-state index in [0.29, 0.717) is 12.3 Å². The Morgan fingerprint density at radius 3 is 2.48 bits per heavy atom. The highest BCUT2D eigenvalue weighted by molar-refractivity contribution is 5.96. The van der Waals surface area contributed by atoms with Gasteiger partial charge in [0.15, 0.2) is 0 Å². The molecule has 1 aromatic rings. The van der Waals surface area contributed by atoms with Crippen molar-refractivity contribution in [2.45, 2.75) is 20.0 Å². The molecule has 7 heteroatoms. The first-order valence-corrected chi connectivity index (χ1v) is 6.61. The van der Waals surface area contributed by atoms with Gasteiger partial charge in [0.25, 0.3) is 0 Å². The van der Waals surface area contributed by atoms with E-state index in [2.05, 4.69) is 5.32 Å². The zero-order chi connectivity index (χ0) is 15.8. The molecule has 2 amide bonds. The fourth-order valence-electron chi connectivity index (χ4n) is 1.72. The van der Waals surface area contributed by atoms with Gasteiger partial charge in [-0.2, -0.15) is 0 Å². The lowest BCUT2D eigenvalue weighted by Crippen LogP contribution is -2.45. The number of aliphatic carboxylic acids is 1. The number of anilines is 1. The SMILES string of the molecule is CCOC(C)CNC(=O)N(CC(=O)O)c1ccc(O)cc1. The molecule has 0 saturated carbocycles. The van der Waals surface area contributed by atoms with E-state index in [4.69, 9.17) is 9.84 Å². The van der Waals surface area contributed by atoms with Gasteiger partial charge in [0.05, 0.1) is 6.10 Å². The standard InChI is InChI=1S/C14H20N2O5/c1-3-21-10(2)8-15-14(20)16(9-13(18)19)11-4-6-12(17)7-5-11/h4-7,10,17H,3,8-9H2,1-2H3,(H,15,20)(H,18,19). The van der Waals surface area contributed by atoms with Crippen LogP contribution in [0.25, 0.3) is 0 Å². The van der Waals surface area contributed by atoms with Crippen LogP contribution in [0.5, 0.6) is 5.75 Å². The van der Waals surface area contributed by atoms with Crippen LogP contribution in [0.4, 0.5) is 10.5 Å². The smallest absolute Gasteiger partial charge is 0.323 e. The number of amides is 2. The molecule has 1 rings (SSSR count). The number of carboxylic acid groups (broad SMARTS) is 1. The summed E-state index contributed by atoms with van der Waals surface area (Å²) in [7, 11) is 0. The van der Waals surface area contributed by atoms with Gasteiger partial charge in [-0.3, -0.25) is 9.69 Å². The minimum atomic E-state index is -1.13. The Balaban J connectivity index is 2.75. The third kappa shape index (κ3) is 5.70. The van der Waals surface area contributed by atoms with E-state index in [0.717, 1.165) is 4.90 Å². The summed E-state index contributed by atoms with van der Waals surface area (Å²) in [6.07, 6.45) is -0.162. The van der Waals surface area contributed by atoms with Crippen LogP contribution in [0.1, 0.15) is 13.8 Å². The molecule has 0 radical (unpaired) electrons. The molecule has 7 nitrogen and oxygen atoms in total. The predicted molar refractivity (Wildman–Crippen MR) is 77.6 cm³/mol. The molecule has 0 aliphatic carbocycles. The fourth-order valence-corrected chi connectivity index (χ4v) is 1.72. The van der Waals surface area contributed by atoms with Crippen molar-refractivity contribution in [3.8, 4) is 5.75 Å². The van der Waals surface area contributed by atoms with Crippen LogP contribution in [0.3, 0.4) is 0 Å². The minimum absolute atomic E-state index is 0.0411. The molecule has 0 heterocycles. The van der Waals surface area contributed by atoms with Crippen LogP contribution in [-0.4, -0.2) is 48.0 Å². The number of aromatic hydroxyl groups is 1. The molecule has 0 fully saturated rings. The topological polar surface area (TPSA) is 99.1 Å². The van der Waals surface area contributed by atoms with E-state index in [1.165, 1.54) is 24.3 Å². The minimum Gasteiger partial charge on any atom is -0.508 e. The lowest BCUT2D eigenvalue weighted by molar-refractivity contribution is -0.135. The Morgan fingerprint density at radius 1 is 1.33 bits per heavy atom. The number of benzene rings is 1. The summed E-state index contributed by atoms with van der Waals surface area (Å²) in [5.74, 6) is -1.09. The Hall–Kier alpha value is -2.28. The lowest BCUT2D eigenvalue weighted by Gasteiger charge is -2.22. The summed E-state index contributed by atoms with van der Waals surface area (Å²) >= 11 is 0. The molecule has 0 aliphatic heterocycles. The zero-order valence-electron chi connectivity index (χ0n) is 12.1. The van der Waals surface area contributed by atoms with Crippen LogP contribution >= 0.6 is 0 Å². The number of phenolic OH excluding ortho intramolecular Hbond substituents is 1. The highest BCUT2D eigenvalue weighted by Gasteiger charge is 2.19. The van der Waals surface area contributed by atoms with Gasteiger partial charge < -0.3 is 20.3 Å². The van der Waals surface area contributed by atoms with E-state index in [9.17, 15) is 14.7 Å². The molecule has 0 saturated heterocycles. The van der Waals surface area contributed by atoms with Gasteiger partial charge in [0.1, 0.15) is 12.3 Å². The van der Waals surface area contributed by atoms with Crippen LogP contribution in [0.2, 0.25) is 0 Å². The van der Waals surface area contributed by atoms with Crippen molar-refractivity contribution in [3.05, 3.63) is 24.3 Å². The molecular weight excluding hydrogens is 276 g/mol. The highest BCUT2D eigenvalue weighted by Crippen LogP contribution is 2.18. The van der Waals surface area contributed by atoms with Crippen molar-refractivity contribution < 1.29 is 24.5 Å². The number of ether oxygens (including phenoxy) is 1. The summed E-state index contributed by atoms with van der Waals surface area (Å²) in [4.78, 5) is 24.1. The monoisotopic (exact) mass is 296 g/mol. The van der Waals surface area contributed by atoms with Gasteiger partial charge in [-0.05, 0) is 38.1 Å². The molecule has 21 heavy (non-hydrogen) atoms. The van der Waals surface area contributed by atoms with E-state index in [1.807, 2.05) is 13.8 Å². The second-order valence-corrected chi connectivity index (χ2v) is 4.45. The van der Waals surface area contributed by atoms with Gasteiger partial charge in [0.2, 0.25) is 0 Å². The van der Waals surface area contributed by atoms with E-state index in [1.54, 1.807) is 0 Å². The Kier molecular flexibility index (Phi) is 6.48. The van der Waals surface area contributed by atoms with Crippen molar-refractivity contribution >= 4 is 17.7 Å². The first-order valence-electron chi connectivity index (χ1n) is 6.61. The Labute approximate surface area is 123 Å².